The minimum Gasteiger partial charge on any atom is -0.366 e. The first kappa shape index (κ1) is 22.7. The minimum absolute atomic E-state index is 0.188. The van der Waals surface area contributed by atoms with Gasteiger partial charge in [0.2, 0.25) is 5.95 Å². The Hall–Kier alpha value is -2.47. The number of aromatic nitrogens is 3. The maximum absolute atomic E-state index is 12.7. The molecule has 1 amide bonds. The van der Waals surface area contributed by atoms with Gasteiger partial charge in [-0.1, -0.05) is 18.3 Å². The molecule has 4 rings (SSSR count). The highest BCUT2D eigenvalue weighted by Crippen LogP contribution is 2.29. The number of amides is 1. The lowest BCUT2D eigenvalue weighted by molar-refractivity contribution is -0.120. The van der Waals surface area contributed by atoms with Gasteiger partial charge in [-0.05, 0) is 36.8 Å². The van der Waals surface area contributed by atoms with Crippen molar-refractivity contribution in [1.82, 2.24) is 19.9 Å². The topological polar surface area (TPSA) is 124 Å². The second kappa shape index (κ2) is 9.99. The molecule has 1 aliphatic rings. The van der Waals surface area contributed by atoms with E-state index in [1.165, 1.54) is 16.2 Å². The second-order valence-corrected chi connectivity index (χ2v) is 9.69. The molecule has 0 aliphatic carbocycles. The second-order valence-electron chi connectivity index (χ2n) is 7.78. The quantitative estimate of drug-likeness (QED) is 0.273. The number of anilines is 2. The smallest absolute Gasteiger partial charge is 0.254 e. The lowest BCUT2D eigenvalue weighted by Crippen LogP contribution is -2.56. The molecule has 2 aromatic heterocycles. The fraction of sp³-hybridized carbons (Fsp3) is 0.429. The van der Waals surface area contributed by atoms with E-state index in [1.54, 1.807) is 30.2 Å². The summed E-state index contributed by atoms with van der Waals surface area (Å²) in [6.45, 7) is 4.11. The predicted octanol–water partition coefficient (Wildman–Crippen LogP) is 2.49. The van der Waals surface area contributed by atoms with Gasteiger partial charge in [0.25, 0.3) is 5.91 Å². The van der Waals surface area contributed by atoms with E-state index in [0.717, 1.165) is 33.3 Å². The average molecular weight is 475 g/mol. The Morgan fingerprint density at radius 2 is 2.03 bits per heavy atom. The summed E-state index contributed by atoms with van der Waals surface area (Å²) in [5.41, 5.74) is 1.35. The number of nitrogens with one attached hydrogen (secondary N) is 2. The molecule has 2 atom stereocenters. The Morgan fingerprint density at radius 3 is 2.69 bits per heavy atom. The van der Waals surface area contributed by atoms with E-state index in [0.29, 0.717) is 30.4 Å². The van der Waals surface area contributed by atoms with Gasteiger partial charge in [0.05, 0.1) is 16.3 Å². The van der Waals surface area contributed by atoms with E-state index < -0.39 is 12.3 Å². The zero-order valence-electron chi connectivity index (χ0n) is 17.9. The first-order valence-electron chi connectivity index (χ1n) is 10.4. The van der Waals surface area contributed by atoms with Crippen LogP contribution in [0.25, 0.3) is 10.2 Å². The highest BCUT2D eigenvalue weighted by atomic mass is 32.2. The number of thiazole rings is 1. The number of likely N-dealkylation sites (tertiary alicyclic amines) is 1. The molecule has 0 bridgehead atoms. The molecule has 32 heavy (non-hydrogen) atoms. The maximum Gasteiger partial charge on any atom is 0.254 e. The van der Waals surface area contributed by atoms with Gasteiger partial charge in [0.1, 0.15) is 0 Å². The largest absolute Gasteiger partial charge is 0.366 e. The molecule has 11 heteroatoms. The van der Waals surface area contributed by atoms with Crippen LogP contribution >= 0.6 is 23.1 Å². The summed E-state index contributed by atoms with van der Waals surface area (Å²) in [5.74, 6) is 0.743. The fourth-order valence-corrected chi connectivity index (χ4v) is 4.61. The lowest BCUT2D eigenvalue weighted by Gasteiger charge is -2.41. The SMILES string of the molecule is CSc1cnc(NC[C@H](C)CNc2nc3ccc(C(=O)N4CCC4C(O)O)cc3s2)nc1. The van der Waals surface area contributed by atoms with Crippen molar-refractivity contribution in [1.29, 1.82) is 0 Å². The van der Waals surface area contributed by atoms with Gasteiger partial charge in [-0.2, -0.15) is 0 Å². The number of carbonyl (C=O) groups is 1. The van der Waals surface area contributed by atoms with Crippen LogP contribution < -0.4 is 10.6 Å². The van der Waals surface area contributed by atoms with Gasteiger partial charge in [-0.15, -0.1) is 11.8 Å². The molecular weight excluding hydrogens is 448 g/mol. The van der Waals surface area contributed by atoms with Crippen molar-refractivity contribution in [3.05, 3.63) is 36.2 Å². The number of hydrogen-bond donors (Lipinski definition) is 4. The fourth-order valence-electron chi connectivity index (χ4n) is 3.38. The number of rotatable bonds is 9. The first-order valence-corrected chi connectivity index (χ1v) is 12.4. The molecule has 3 heterocycles. The molecule has 0 spiro atoms. The van der Waals surface area contributed by atoms with Gasteiger partial charge in [-0.3, -0.25) is 4.79 Å². The number of aliphatic hydroxyl groups excluding tert-OH is 1. The summed E-state index contributed by atoms with van der Waals surface area (Å²) in [6.07, 6.45) is 4.69. The summed E-state index contributed by atoms with van der Waals surface area (Å²) >= 11 is 3.10. The van der Waals surface area contributed by atoms with Crippen molar-refractivity contribution >= 4 is 50.3 Å². The number of aliphatic hydroxyl groups is 2. The normalized spacial score (nSPS) is 16.8. The van der Waals surface area contributed by atoms with Crippen LogP contribution in [0.15, 0.2) is 35.5 Å². The molecule has 170 valence electrons. The van der Waals surface area contributed by atoms with Gasteiger partial charge >= 0.3 is 0 Å². The number of nitrogens with zero attached hydrogens (tertiary/aromatic N) is 4. The van der Waals surface area contributed by atoms with Crippen molar-refractivity contribution < 1.29 is 15.0 Å². The third kappa shape index (κ3) is 5.12. The minimum atomic E-state index is -1.51. The molecule has 1 aromatic carbocycles. The molecule has 0 radical (unpaired) electrons. The molecule has 0 saturated carbocycles. The molecule has 1 aliphatic heterocycles. The van der Waals surface area contributed by atoms with Crippen LogP contribution in [0.4, 0.5) is 11.1 Å². The Bertz CT molecular complexity index is 1080. The molecule has 3 aromatic rings. The van der Waals surface area contributed by atoms with Crippen LogP contribution in [-0.2, 0) is 0 Å². The van der Waals surface area contributed by atoms with E-state index in [1.807, 2.05) is 18.4 Å². The van der Waals surface area contributed by atoms with E-state index >= 15 is 0 Å². The standard InChI is InChI=1S/C21H26N6O3S2/c1-12(8-22-20-23-10-14(31-2)11-24-20)9-25-21-26-15-4-3-13(7-17(15)32-21)18(28)27-6-5-16(27)19(29)30/h3-4,7,10-12,16,19,29-30H,5-6,8-9H2,1-2H3,(H,25,26)(H,22,23,24)/t12-,16?/m0/s1. The number of thioether (sulfide) groups is 1. The number of carbonyl (C=O) groups excluding carboxylic acids is 1. The Morgan fingerprint density at radius 1 is 1.28 bits per heavy atom. The summed E-state index contributed by atoms with van der Waals surface area (Å²) in [4.78, 5) is 28.4. The molecular formula is C21H26N6O3S2. The summed E-state index contributed by atoms with van der Waals surface area (Å²) in [6, 6.07) is 4.86. The van der Waals surface area contributed by atoms with Crippen LogP contribution in [-0.4, -0.2) is 74.2 Å². The number of hydrogen-bond acceptors (Lipinski definition) is 10. The highest BCUT2D eigenvalue weighted by molar-refractivity contribution is 7.98. The molecule has 1 unspecified atom stereocenters. The van der Waals surface area contributed by atoms with Gasteiger partial charge < -0.3 is 25.7 Å². The highest BCUT2D eigenvalue weighted by Gasteiger charge is 2.37. The zero-order valence-corrected chi connectivity index (χ0v) is 19.5. The van der Waals surface area contributed by atoms with Crippen molar-refractivity contribution in [3.63, 3.8) is 0 Å². The van der Waals surface area contributed by atoms with Crippen LogP contribution in [0.5, 0.6) is 0 Å². The van der Waals surface area contributed by atoms with Crippen LogP contribution in [0.1, 0.15) is 23.7 Å². The average Bonchev–Trinajstić information content (AvgIpc) is 3.17. The van der Waals surface area contributed by atoms with E-state index in [9.17, 15) is 15.0 Å². The monoisotopic (exact) mass is 474 g/mol. The van der Waals surface area contributed by atoms with Crippen molar-refractivity contribution in [3.8, 4) is 0 Å². The Kier molecular flexibility index (Phi) is 7.09. The third-order valence-corrected chi connectivity index (χ3v) is 7.04. The number of fused-ring (bicyclic) bond motifs is 1. The van der Waals surface area contributed by atoms with Gasteiger partial charge in [0.15, 0.2) is 11.4 Å². The first-order chi connectivity index (χ1) is 15.4. The maximum atomic E-state index is 12.7. The molecule has 9 nitrogen and oxygen atoms in total. The van der Waals surface area contributed by atoms with Crippen LogP contribution in [0.3, 0.4) is 0 Å². The van der Waals surface area contributed by atoms with E-state index in [4.69, 9.17) is 0 Å². The third-order valence-electron chi connectivity index (χ3n) is 5.38. The molecule has 4 N–H and O–H groups in total. The Labute approximate surface area is 194 Å². The van der Waals surface area contributed by atoms with Crippen LogP contribution in [0.2, 0.25) is 0 Å². The lowest BCUT2D eigenvalue weighted by atomic mass is 10.0. The number of benzene rings is 1. The van der Waals surface area contributed by atoms with Gasteiger partial charge in [-0.25, -0.2) is 15.0 Å². The predicted molar refractivity (Wildman–Crippen MR) is 127 cm³/mol. The van der Waals surface area contributed by atoms with E-state index in [2.05, 4.69) is 32.5 Å². The van der Waals surface area contributed by atoms with Gasteiger partial charge in [0, 0.05) is 42.5 Å². The molecule has 1 fully saturated rings. The van der Waals surface area contributed by atoms with Crippen molar-refractivity contribution in [2.75, 3.05) is 36.5 Å². The summed E-state index contributed by atoms with van der Waals surface area (Å²) in [7, 11) is 0. The van der Waals surface area contributed by atoms with E-state index in [-0.39, 0.29) is 5.91 Å². The Balaban J connectivity index is 1.32. The van der Waals surface area contributed by atoms with Crippen LogP contribution in [0, 0.1) is 5.92 Å². The van der Waals surface area contributed by atoms with Crippen molar-refractivity contribution in [2.45, 2.75) is 30.6 Å². The van der Waals surface area contributed by atoms with Crippen molar-refractivity contribution in [2.24, 2.45) is 5.92 Å². The zero-order chi connectivity index (χ0) is 22.7. The summed E-state index contributed by atoms with van der Waals surface area (Å²) < 4.78 is 0.910. The summed E-state index contributed by atoms with van der Waals surface area (Å²) in [5, 5.41) is 26.2. The molecule has 1 saturated heterocycles.